The molecule has 0 amide bonds. The third kappa shape index (κ3) is 0.800. The normalized spacial score (nSPS) is 40.9. The van der Waals surface area contributed by atoms with Crippen LogP contribution in [0.2, 0.25) is 0 Å². The second-order valence-corrected chi connectivity index (χ2v) is 4.11. The Balaban J connectivity index is 2.26. The summed E-state index contributed by atoms with van der Waals surface area (Å²) in [4.78, 5) is 11.0. The molecule has 2 rings (SSSR count). The molecule has 2 atom stereocenters. The Kier molecular flexibility index (Phi) is 1.26. The van der Waals surface area contributed by atoms with Gasteiger partial charge in [-0.25, -0.2) is 0 Å². The van der Waals surface area contributed by atoms with E-state index in [-0.39, 0.29) is 5.78 Å². The molecule has 0 aromatic rings. The molecule has 0 aromatic carbocycles. The Labute approximate surface area is 67.5 Å². The van der Waals surface area contributed by atoms with Gasteiger partial charge in [0.15, 0.2) is 5.78 Å². The summed E-state index contributed by atoms with van der Waals surface area (Å²) in [7, 11) is 0. The molecule has 0 aliphatic heterocycles. The zero-order chi connectivity index (χ0) is 8.06. The predicted molar refractivity (Wildman–Crippen MR) is 44.2 cm³/mol. The minimum atomic E-state index is 0.286. The number of rotatable bonds is 1. The van der Waals surface area contributed by atoms with Crippen LogP contribution < -0.4 is 0 Å². The number of carbonyl (C=O) groups is 1. The molecule has 0 heterocycles. The number of fused-ring (bicyclic) bond motifs is 1. The highest BCUT2D eigenvalue weighted by Crippen LogP contribution is 2.55. The molecule has 1 nitrogen and oxygen atoms in total. The average Bonchev–Trinajstić information content (AvgIpc) is 2.15. The second kappa shape index (κ2) is 1.96. The highest BCUT2D eigenvalue weighted by Gasteiger charge is 2.47. The van der Waals surface area contributed by atoms with Crippen molar-refractivity contribution >= 4 is 5.78 Å². The third-order valence-electron chi connectivity index (χ3n) is 3.27. The number of Topliss-reactive ketones (excluding diaryl/α,β-unsaturated/α-hetero) is 1. The van der Waals surface area contributed by atoms with Crippen LogP contribution in [0.3, 0.4) is 0 Å². The van der Waals surface area contributed by atoms with Crippen molar-refractivity contribution in [1.29, 1.82) is 0 Å². The Bertz CT molecular complexity index is 239. The zero-order valence-corrected chi connectivity index (χ0v) is 7.18. The Morgan fingerprint density at radius 1 is 1.73 bits per heavy atom. The smallest absolute Gasteiger partial charge is 0.155 e. The highest BCUT2D eigenvalue weighted by atomic mass is 16.1. The summed E-state index contributed by atoms with van der Waals surface area (Å²) in [6.45, 7) is 3.96. The minimum absolute atomic E-state index is 0.286. The summed E-state index contributed by atoms with van der Waals surface area (Å²) in [6.07, 6.45) is 6.01. The van der Waals surface area contributed by atoms with Gasteiger partial charge < -0.3 is 0 Å². The molecule has 2 aliphatic carbocycles. The maximum atomic E-state index is 11.0. The fraction of sp³-hybridized carbons (Fsp3) is 0.700. The van der Waals surface area contributed by atoms with E-state index < -0.39 is 0 Å². The van der Waals surface area contributed by atoms with E-state index in [1.807, 2.05) is 0 Å². The van der Waals surface area contributed by atoms with Crippen molar-refractivity contribution in [2.45, 2.75) is 33.1 Å². The van der Waals surface area contributed by atoms with Gasteiger partial charge in [0, 0.05) is 0 Å². The van der Waals surface area contributed by atoms with Gasteiger partial charge in [-0.2, -0.15) is 0 Å². The van der Waals surface area contributed by atoms with E-state index in [0.717, 1.165) is 5.57 Å². The van der Waals surface area contributed by atoms with E-state index in [0.29, 0.717) is 11.3 Å². The predicted octanol–water partition coefficient (Wildman–Crippen LogP) is 2.32. The fourth-order valence-corrected chi connectivity index (χ4v) is 2.58. The van der Waals surface area contributed by atoms with Crippen molar-refractivity contribution < 1.29 is 4.79 Å². The van der Waals surface area contributed by atoms with Crippen molar-refractivity contribution in [2.75, 3.05) is 0 Å². The molecule has 2 aliphatic rings. The molecule has 0 saturated heterocycles. The summed E-state index contributed by atoms with van der Waals surface area (Å²) < 4.78 is 0. The molecule has 60 valence electrons. The van der Waals surface area contributed by atoms with Crippen molar-refractivity contribution in [1.82, 2.24) is 0 Å². The van der Waals surface area contributed by atoms with Gasteiger partial charge in [0.2, 0.25) is 0 Å². The molecule has 2 unspecified atom stereocenters. The lowest BCUT2D eigenvalue weighted by Gasteiger charge is -2.39. The molecule has 0 radical (unpaired) electrons. The van der Waals surface area contributed by atoms with Crippen LogP contribution in [0.25, 0.3) is 0 Å². The SMILES string of the molecule is CC(=O)C1=CC2(C)CCCC12. The molecule has 0 aromatic heterocycles. The van der Waals surface area contributed by atoms with Gasteiger partial charge in [0.1, 0.15) is 0 Å². The lowest BCUT2D eigenvalue weighted by molar-refractivity contribution is -0.115. The van der Waals surface area contributed by atoms with Crippen LogP contribution in [0.4, 0.5) is 0 Å². The maximum absolute atomic E-state index is 11.0. The van der Waals surface area contributed by atoms with Crippen LogP contribution in [0.1, 0.15) is 33.1 Å². The fourth-order valence-electron chi connectivity index (χ4n) is 2.58. The average molecular weight is 150 g/mol. The molecule has 0 bridgehead atoms. The number of hydrogen-bond donors (Lipinski definition) is 0. The van der Waals surface area contributed by atoms with Gasteiger partial charge in [0.05, 0.1) is 0 Å². The van der Waals surface area contributed by atoms with Gasteiger partial charge in [-0.1, -0.05) is 19.4 Å². The molecule has 11 heavy (non-hydrogen) atoms. The van der Waals surface area contributed by atoms with Gasteiger partial charge in [-0.15, -0.1) is 0 Å². The van der Waals surface area contributed by atoms with E-state index in [4.69, 9.17) is 0 Å². The van der Waals surface area contributed by atoms with Crippen LogP contribution in [-0.2, 0) is 4.79 Å². The van der Waals surface area contributed by atoms with Gasteiger partial charge >= 0.3 is 0 Å². The first-order chi connectivity index (χ1) is 5.13. The van der Waals surface area contributed by atoms with E-state index >= 15 is 0 Å². The molecular weight excluding hydrogens is 136 g/mol. The Hall–Kier alpha value is -0.590. The van der Waals surface area contributed by atoms with Gasteiger partial charge in [-0.05, 0) is 36.7 Å². The van der Waals surface area contributed by atoms with Crippen LogP contribution >= 0.6 is 0 Å². The van der Waals surface area contributed by atoms with Crippen molar-refractivity contribution in [3.05, 3.63) is 11.6 Å². The lowest BCUT2D eigenvalue weighted by Crippen LogP contribution is -2.33. The van der Waals surface area contributed by atoms with Crippen LogP contribution in [0, 0.1) is 11.3 Å². The lowest BCUT2D eigenvalue weighted by atomic mass is 9.64. The maximum Gasteiger partial charge on any atom is 0.155 e. The summed E-state index contributed by atoms with van der Waals surface area (Å²) in [5.74, 6) is 0.898. The molecule has 1 saturated carbocycles. The van der Waals surface area contributed by atoms with Crippen molar-refractivity contribution in [3.63, 3.8) is 0 Å². The first-order valence-corrected chi connectivity index (χ1v) is 4.37. The number of ketones is 1. The number of allylic oxidation sites excluding steroid dienone is 2. The monoisotopic (exact) mass is 150 g/mol. The molecule has 1 heteroatoms. The first-order valence-electron chi connectivity index (χ1n) is 4.37. The standard InChI is InChI=1S/C10H14O/c1-7(11)8-6-10(2)5-3-4-9(8)10/h6,9H,3-5H2,1-2H3. The van der Waals surface area contributed by atoms with Crippen LogP contribution in [0.15, 0.2) is 11.6 Å². The highest BCUT2D eigenvalue weighted by molar-refractivity contribution is 5.95. The number of hydrogen-bond acceptors (Lipinski definition) is 1. The minimum Gasteiger partial charge on any atom is -0.295 e. The van der Waals surface area contributed by atoms with Gasteiger partial charge in [-0.3, -0.25) is 4.79 Å². The van der Waals surface area contributed by atoms with Crippen molar-refractivity contribution in [3.8, 4) is 0 Å². The number of carbonyl (C=O) groups excluding carboxylic acids is 1. The van der Waals surface area contributed by atoms with Crippen molar-refractivity contribution in [2.24, 2.45) is 11.3 Å². The van der Waals surface area contributed by atoms with E-state index in [1.165, 1.54) is 19.3 Å². The van der Waals surface area contributed by atoms with Crippen LogP contribution in [0.5, 0.6) is 0 Å². The molecular formula is C10H14O. The zero-order valence-electron chi connectivity index (χ0n) is 7.18. The van der Waals surface area contributed by atoms with E-state index in [1.54, 1.807) is 6.92 Å². The molecule has 1 fully saturated rings. The Morgan fingerprint density at radius 3 is 3.00 bits per heavy atom. The first kappa shape index (κ1) is 7.08. The van der Waals surface area contributed by atoms with E-state index in [9.17, 15) is 4.79 Å². The third-order valence-corrected chi connectivity index (χ3v) is 3.27. The topological polar surface area (TPSA) is 17.1 Å². The van der Waals surface area contributed by atoms with Crippen LogP contribution in [-0.4, -0.2) is 5.78 Å². The quantitative estimate of drug-likeness (QED) is 0.560. The molecule has 0 spiro atoms. The summed E-state index contributed by atoms with van der Waals surface area (Å²) >= 11 is 0. The largest absolute Gasteiger partial charge is 0.295 e. The summed E-state index contributed by atoms with van der Waals surface area (Å²) in [5.41, 5.74) is 1.51. The second-order valence-electron chi connectivity index (χ2n) is 4.11. The van der Waals surface area contributed by atoms with E-state index in [2.05, 4.69) is 13.0 Å². The summed E-state index contributed by atoms with van der Waals surface area (Å²) in [5, 5.41) is 0. The molecule has 0 N–H and O–H groups in total. The van der Waals surface area contributed by atoms with Gasteiger partial charge in [0.25, 0.3) is 0 Å². The summed E-state index contributed by atoms with van der Waals surface area (Å²) in [6, 6.07) is 0. The Morgan fingerprint density at radius 2 is 2.45 bits per heavy atom.